The van der Waals surface area contributed by atoms with Crippen LogP contribution in [0.5, 0.6) is 0 Å². The Balaban J connectivity index is 1.24. The molecule has 0 aliphatic carbocycles. The molecule has 0 aliphatic rings. The normalized spacial score (nSPS) is 11.6. The quantitative estimate of drug-likeness (QED) is 0.107. The Bertz CT molecular complexity index is 3230. The summed E-state index contributed by atoms with van der Waals surface area (Å²) in [5.41, 5.74) is 10.8. The zero-order chi connectivity index (χ0) is 43.0. The van der Waals surface area contributed by atoms with Gasteiger partial charge < -0.3 is 4.57 Å². The Morgan fingerprint density at radius 2 is 0.766 bits per heavy atom. The third-order valence-corrected chi connectivity index (χ3v) is 17.4. The lowest BCUT2D eigenvalue weighted by atomic mass is 10.0. The Morgan fingerprint density at radius 3 is 1.25 bits per heavy atom. The van der Waals surface area contributed by atoms with Crippen molar-refractivity contribution in [3.05, 3.63) is 242 Å². The third-order valence-electron chi connectivity index (χ3n) is 12.5. The van der Waals surface area contributed by atoms with Crippen molar-refractivity contribution in [2.24, 2.45) is 0 Å². The van der Waals surface area contributed by atoms with Crippen molar-refractivity contribution in [1.29, 1.82) is 0 Å². The number of benzene rings is 9. The van der Waals surface area contributed by atoms with E-state index >= 15 is 0 Å². The molecule has 2 aromatic heterocycles. The summed E-state index contributed by atoms with van der Waals surface area (Å²) in [6, 6.07) is 83.4. The van der Waals surface area contributed by atoms with Gasteiger partial charge in [-0.2, -0.15) is 0 Å². The van der Waals surface area contributed by atoms with Crippen molar-refractivity contribution in [2.45, 2.75) is 13.8 Å². The number of hydrogen-bond donors (Lipinski definition) is 0. The monoisotopic (exact) mass is 836 g/mol. The van der Waals surface area contributed by atoms with E-state index in [1.54, 1.807) is 0 Å². The molecule has 304 valence electrons. The van der Waals surface area contributed by atoms with Crippen LogP contribution in [0, 0.1) is 13.8 Å². The summed E-state index contributed by atoms with van der Waals surface area (Å²) in [7, 11) is -2.92. The van der Waals surface area contributed by atoms with Crippen LogP contribution in [-0.2, 0) is 0 Å². The van der Waals surface area contributed by atoms with E-state index in [1.807, 2.05) is 36.4 Å². The minimum absolute atomic E-state index is 0.610. The standard InChI is InChI=1S/C59H44N4Si/c1-41-32-36-53-51(38-41)52-39-42(2)33-37-54(52)63(53)55-40-45(34-35-50(55)59-61-57(43-20-8-3-9-21-43)60-58(62-59)44-22-10-4-11-23-44)49-30-18-19-31-56(49)64(46-24-12-5-13-25-46,47-26-14-6-15-27-47)48-28-16-7-17-29-48/h3-40H,1-2H3. The van der Waals surface area contributed by atoms with Gasteiger partial charge in [-0.1, -0.05) is 205 Å². The minimum Gasteiger partial charge on any atom is -0.308 e. The van der Waals surface area contributed by atoms with Gasteiger partial charge in [0.2, 0.25) is 0 Å². The molecular weight excluding hydrogens is 793 g/mol. The summed E-state index contributed by atoms with van der Waals surface area (Å²) in [6.45, 7) is 4.34. The molecule has 0 saturated carbocycles. The van der Waals surface area contributed by atoms with Crippen molar-refractivity contribution in [1.82, 2.24) is 19.5 Å². The van der Waals surface area contributed by atoms with E-state index in [9.17, 15) is 0 Å². The summed E-state index contributed by atoms with van der Waals surface area (Å²) in [5, 5.41) is 7.74. The van der Waals surface area contributed by atoms with Crippen LogP contribution in [0.3, 0.4) is 0 Å². The zero-order valence-corrected chi connectivity index (χ0v) is 36.7. The van der Waals surface area contributed by atoms with E-state index in [0.29, 0.717) is 17.5 Å². The van der Waals surface area contributed by atoms with Crippen molar-refractivity contribution < 1.29 is 0 Å². The average Bonchev–Trinajstić information content (AvgIpc) is 3.68. The Kier molecular flexibility index (Phi) is 9.95. The largest absolute Gasteiger partial charge is 0.308 e. The van der Waals surface area contributed by atoms with Crippen LogP contribution in [0.2, 0.25) is 0 Å². The number of nitrogens with zero attached hydrogens (tertiary/aromatic N) is 4. The van der Waals surface area contributed by atoms with Crippen LogP contribution in [0.4, 0.5) is 0 Å². The highest BCUT2D eigenvalue weighted by Crippen LogP contribution is 2.39. The highest BCUT2D eigenvalue weighted by atomic mass is 28.3. The zero-order valence-electron chi connectivity index (χ0n) is 35.7. The molecule has 0 aliphatic heterocycles. The third kappa shape index (κ3) is 6.74. The van der Waals surface area contributed by atoms with Gasteiger partial charge >= 0.3 is 0 Å². The maximum absolute atomic E-state index is 5.31. The highest BCUT2D eigenvalue weighted by Gasteiger charge is 2.43. The van der Waals surface area contributed by atoms with E-state index < -0.39 is 8.07 Å². The van der Waals surface area contributed by atoms with Crippen LogP contribution in [0.1, 0.15) is 11.1 Å². The van der Waals surface area contributed by atoms with Gasteiger partial charge in [0, 0.05) is 27.5 Å². The first kappa shape index (κ1) is 38.9. The van der Waals surface area contributed by atoms with E-state index in [2.05, 4.69) is 213 Å². The number of rotatable bonds is 9. The second kappa shape index (κ2) is 16.4. The van der Waals surface area contributed by atoms with Crippen LogP contribution in [-0.4, -0.2) is 27.6 Å². The van der Waals surface area contributed by atoms with Gasteiger partial charge in [-0.15, -0.1) is 0 Å². The molecule has 2 heterocycles. The van der Waals surface area contributed by atoms with E-state index in [1.165, 1.54) is 48.2 Å². The molecule has 0 fully saturated rings. The maximum Gasteiger partial charge on any atom is 0.180 e. The second-order valence-electron chi connectivity index (χ2n) is 16.5. The van der Waals surface area contributed by atoms with Gasteiger partial charge in [-0.05, 0) is 82.1 Å². The van der Waals surface area contributed by atoms with Gasteiger partial charge in [0.15, 0.2) is 25.5 Å². The molecule has 11 rings (SSSR count). The molecule has 5 heteroatoms. The average molecular weight is 837 g/mol. The number of aromatic nitrogens is 4. The summed E-state index contributed by atoms with van der Waals surface area (Å²) in [5.74, 6) is 1.86. The lowest BCUT2D eigenvalue weighted by Crippen LogP contribution is -2.75. The lowest BCUT2D eigenvalue weighted by molar-refractivity contribution is 1.06. The van der Waals surface area contributed by atoms with Crippen LogP contribution < -0.4 is 20.7 Å². The number of aryl methyl sites for hydroxylation is 2. The van der Waals surface area contributed by atoms with E-state index in [-0.39, 0.29) is 0 Å². The second-order valence-corrected chi connectivity index (χ2v) is 20.3. The molecule has 64 heavy (non-hydrogen) atoms. The van der Waals surface area contributed by atoms with Crippen LogP contribution >= 0.6 is 0 Å². The molecule has 0 N–H and O–H groups in total. The molecule has 0 bridgehead atoms. The first-order valence-corrected chi connectivity index (χ1v) is 23.9. The molecule has 11 aromatic rings. The molecule has 0 radical (unpaired) electrons. The van der Waals surface area contributed by atoms with Gasteiger partial charge in [0.25, 0.3) is 0 Å². The molecule has 0 saturated heterocycles. The maximum atomic E-state index is 5.31. The Labute approximate surface area is 374 Å². The van der Waals surface area contributed by atoms with Crippen LogP contribution in [0.25, 0.3) is 72.8 Å². The van der Waals surface area contributed by atoms with Gasteiger partial charge in [0.05, 0.1) is 16.7 Å². The fourth-order valence-corrected chi connectivity index (χ4v) is 14.6. The smallest absolute Gasteiger partial charge is 0.180 e. The van der Waals surface area contributed by atoms with Crippen molar-refractivity contribution >= 4 is 50.6 Å². The molecular formula is C59H44N4Si. The SMILES string of the molecule is Cc1ccc2c(c1)c1cc(C)ccc1n2-c1cc(-c2ccccc2[Si](c2ccccc2)(c2ccccc2)c2ccccc2)ccc1-c1nc(-c2ccccc2)nc(-c2ccccc2)n1. The van der Waals surface area contributed by atoms with Crippen molar-refractivity contribution in [3.63, 3.8) is 0 Å². The Morgan fingerprint density at radius 1 is 0.344 bits per heavy atom. The predicted octanol–water partition coefficient (Wildman–Crippen LogP) is 11.6. The van der Waals surface area contributed by atoms with Crippen molar-refractivity contribution in [2.75, 3.05) is 0 Å². The fraction of sp³-hybridized carbons (Fsp3) is 0.0339. The number of hydrogen-bond acceptors (Lipinski definition) is 3. The first-order chi connectivity index (χ1) is 31.6. The molecule has 0 amide bonds. The first-order valence-electron chi connectivity index (χ1n) is 21.9. The molecule has 0 unspecified atom stereocenters. The summed E-state index contributed by atoms with van der Waals surface area (Å²) >= 11 is 0. The minimum atomic E-state index is -2.92. The Hall–Kier alpha value is -7.99. The summed E-state index contributed by atoms with van der Waals surface area (Å²) in [4.78, 5) is 15.7. The molecule has 0 atom stereocenters. The van der Waals surface area contributed by atoms with E-state index in [4.69, 9.17) is 15.0 Å². The number of fused-ring (bicyclic) bond motifs is 3. The van der Waals surface area contributed by atoms with Crippen molar-refractivity contribution in [3.8, 4) is 51.0 Å². The highest BCUT2D eigenvalue weighted by molar-refractivity contribution is 7.20. The predicted molar refractivity (Wildman–Crippen MR) is 269 cm³/mol. The van der Waals surface area contributed by atoms with Gasteiger partial charge in [-0.3, -0.25) is 0 Å². The lowest BCUT2D eigenvalue weighted by Gasteiger charge is -2.36. The van der Waals surface area contributed by atoms with Gasteiger partial charge in [0.1, 0.15) is 0 Å². The van der Waals surface area contributed by atoms with Crippen LogP contribution in [0.15, 0.2) is 231 Å². The molecule has 0 spiro atoms. The topological polar surface area (TPSA) is 43.6 Å². The molecule has 4 nitrogen and oxygen atoms in total. The fourth-order valence-electron chi connectivity index (χ4n) is 9.61. The summed E-state index contributed by atoms with van der Waals surface area (Å²) in [6.07, 6.45) is 0. The molecule has 9 aromatic carbocycles. The summed E-state index contributed by atoms with van der Waals surface area (Å²) < 4.78 is 2.43. The van der Waals surface area contributed by atoms with E-state index in [0.717, 1.165) is 39.0 Å². The van der Waals surface area contributed by atoms with Gasteiger partial charge in [-0.25, -0.2) is 15.0 Å².